The Labute approximate surface area is 145 Å². The van der Waals surface area contributed by atoms with Crippen molar-refractivity contribution in [2.75, 3.05) is 4.90 Å². The third kappa shape index (κ3) is 2.54. The fraction of sp³-hybridized carbons (Fsp3) is 0.0625. The van der Waals surface area contributed by atoms with E-state index in [9.17, 15) is 4.79 Å². The highest BCUT2D eigenvalue weighted by molar-refractivity contribution is 9.10. The van der Waals surface area contributed by atoms with Crippen molar-refractivity contribution >= 4 is 39.1 Å². The summed E-state index contributed by atoms with van der Waals surface area (Å²) in [6.07, 6.45) is 3.55. The third-order valence-corrected chi connectivity index (χ3v) is 4.40. The summed E-state index contributed by atoms with van der Waals surface area (Å²) in [6, 6.07) is 11.0. The predicted octanol–water partition coefficient (Wildman–Crippen LogP) is 3.84. The van der Waals surface area contributed by atoms with E-state index < -0.39 is 0 Å². The number of pyridine rings is 1. The SMILES string of the molecule is O=C1c2nn(-c3ccc(Cl)cc3)cc2CN1c1ccc(Br)nc1. The number of aromatic nitrogens is 3. The molecule has 114 valence electrons. The normalized spacial score (nSPS) is 13.5. The number of carbonyl (C=O) groups is 1. The molecule has 0 unspecified atom stereocenters. The molecular weight excluding hydrogens is 380 g/mol. The summed E-state index contributed by atoms with van der Waals surface area (Å²) in [5.74, 6) is -0.114. The lowest BCUT2D eigenvalue weighted by atomic mass is 10.3. The fourth-order valence-electron chi connectivity index (χ4n) is 2.54. The van der Waals surface area contributed by atoms with E-state index in [2.05, 4.69) is 26.0 Å². The highest BCUT2D eigenvalue weighted by atomic mass is 79.9. The third-order valence-electron chi connectivity index (χ3n) is 3.68. The molecule has 0 N–H and O–H groups in total. The lowest BCUT2D eigenvalue weighted by Crippen LogP contribution is -2.24. The van der Waals surface area contributed by atoms with Crippen LogP contribution in [0.2, 0.25) is 5.02 Å². The first-order chi connectivity index (χ1) is 11.1. The van der Waals surface area contributed by atoms with Gasteiger partial charge >= 0.3 is 0 Å². The van der Waals surface area contributed by atoms with Crippen molar-refractivity contribution in [3.63, 3.8) is 0 Å². The van der Waals surface area contributed by atoms with E-state index in [1.54, 1.807) is 27.9 Å². The van der Waals surface area contributed by atoms with Crippen LogP contribution in [-0.2, 0) is 6.54 Å². The largest absolute Gasteiger partial charge is 0.301 e. The Morgan fingerprint density at radius 1 is 1.09 bits per heavy atom. The number of carbonyl (C=O) groups excluding carboxylic acids is 1. The number of halogens is 2. The summed E-state index contributed by atoms with van der Waals surface area (Å²) >= 11 is 9.19. The van der Waals surface area contributed by atoms with Gasteiger partial charge in [-0.1, -0.05) is 11.6 Å². The van der Waals surface area contributed by atoms with E-state index in [0.29, 0.717) is 17.3 Å². The molecule has 0 spiro atoms. The second kappa shape index (κ2) is 5.47. The van der Waals surface area contributed by atoms with Crippen LogP contribution in [0.4, 0.5) is 5.69 Å². The number of hydrogen-bond donors (Lipinski definition) is 0. The first-order valence-electron chi connectivity index (χ1n) is 6.90. The molecule has 0 aliphatic carbocycles. The molecule has 0 bridgehead atoms. The van der Waals surface area contributed by atoms with Crippen LogP contribution in [0.5, 0.6) is 0 Å². The lowest BCUT2D eigenvalue weighted by Gasteiger charge is -2.15. The highest BCUT2D eigenvalue weighted by Crippen LogP contribution is 2.28. The minimum atomic E-state index is -0.114. The maximum Gasteiger partial charge on any atom is 0.279 e. The Bertz CT molecular complexity index is 889. The number of hydrogen-bond acceptors (Lipinski definition) is 3. The summed E-state index contributed by atoms with van der Waals surface area (Å²) in [4.78, 5) is 18.4. The first-order valence-corrected chi connectivity index (χ1v) is 8.07. The van der Waals surface area contributed by atoms with Crippen LogP contribution in [-0.4, -0.2) is 20.7 Å². The van der Waals surface area contributed by atoms with Gasteiger partial charge in [-0.05, 0) is 52.3 Å². The van der Waals surface area contributed by atoms with Crippen LogP contribution in [0, 0.1) is 0 Å². The van der Waals surface area contributed by atoms with E-state index in [-0.39, 0.29) is 5.91 Å². The van der Waals surface area contributed by atoms with E-state index >= 15 is 0 Å². The second-order valence-corrected chi connectivity index (χ2v) is 6.40. The number of rotatable bonds is 2. The molecule has 23 heavy (non-hydrogen) atoms. The van der Waals surface area contributed by atoms with Crippen LogP contribution in [0.3, 0.4) is 0 Å². The monoisotopic (exact) mass is 388 g/mol. The quantitative estimate of drug-likeness (QED) is 0.626. The summed E-state index contributed by atoms with van der Waals surface area (Å²) in [6.45, 7) is 0.491. The Kier molecular flexibility index (Phi) is 3.43. The predicted molar refractivity (Wildman–Crippen MR) is 91.0 cm³/mol. The van der Waals surface area contributed by atoms with Crippen LogP contribution >= 0.6 is 27.5 Å². The molecule has 1 aromatic carbocycles. The number of anilines is 1. The van der Waals surface area contributed by atoms with Crippen molar-refractivity contribution in [3.8, 4) is 5.69 Å². The van der Waals surface area contributed by atoms with Crippen molar-refractivity contribution in [3.05, 3.63) is 69.7 Å². The van der Waals surface area contributed by atoms with Gasteiger partial charge in [-0.25, -0.2) is 9.67 Å². The fourth-order valence-corrected chi connectivity index (χ4v) is 2.90. The highest BCUT2D eigenvalue weighted by Gasteiger charge is 2.32. The van der Waals surface area contributed by atoms with Gasteiger partial charge in [0.05, 0.1) is 24.1 Å². The summed E-state index contributed by atoms with van der Waals surface area (Å²) in [5.41, 5.74) is 3.00. The molecule has 0 fully saturated rings. The van der Waals surface area contributed by atoms with Crippen molar-refractivity contribution in [2.24, 2.45) is 0 Å². The number of nitrogens with zero attached hydrogens (tertiary/aromatic N) is 4. The molecule has 0 saturated carbocycles. The van der Waals surface area contributed by atoms with Crippen LogP contribution in [0.25, 0.3) is 5.69 Å². The Morgan fingerprint density at radius 3 is 2.48 bits per heavy atom. The van der Waals surface area contributed by atoms with Crippen LogP contribution in [0.15, 0.2) is 53.4 Å². The molecule has 3 heterocycles. The molecular formula is C16H10BrClN4O. The molecule has 1 amide bonds. The molecule has 3 aromatic rings. The van der Waals surface area contributed by atoms with E-state index in [0.717, 1.165) is 21.5 Å². The zero-order valence-electron chi connectivity index (χ0n) is 11.8. The lowest BCUT2D eigenvalue weighted by molar-refractivity contribution is 0.0991. The summed E-state index contributed by atoms with van der Waals surface area (Å²) in [5, 5.41) is 5.08. The van der Waals surface area contributed by atoms with Gasteiger partial charge in [-0.2, -0.15) is 5.10 Å². The topological polar surface area (TPSA) is 51.0 Å². The number of fused-ring (bicyclic) bond motifs is 1. The number of amides is 1. The van der Waals surface area contributed by atoms with Crippen molar-refractivity contribution in [2.45, 2.75) is 6.54 Å². The molecule has 1 aliphatic heterocycles. The standard InChI is InChI=1S/C16H10BrClN4O/c17-14-6-5-13(7-19-14)21-8-10-9-22(20-15(10)16(21)23)12-3-1-11(18)2-4-12/h1-7,9H,8H2. The second-order valence-electron chi connectivity index (χ2n) is 5.15. The Morgan fingerprint density at radius 2 is 1.83 bits per heavy atom. The summed E-state index contributed by atoms with van der Waals surface area (Å²) < 4.78 is 2.44. The smallest absolute Gasteiger partial charge is 0.279 e. The minimum absolute atomic E-state index is 0.114. The van der Waals surface area contributed by atoms with Crippen molar-refractivity contribution in [1.82, 2.24) is 14.8 Å². The summed E-state index contributed by atoms with van der Waals surface area (Å²) in [7, 11) is 0. The van der Waals surface area contributed by atoms with Gasteiger partial charge in [0.1, 0.15) is 4.60 Å². The van der Waals surface area contributed by atoms with Gasteiger partial charge in [-0.3, -0.25) is 4.79 Å². The van der Waals surface area contributed by atoms with Gasteiger partial charge in [0.2, 0.25) is 0 Å². The maximum absolute atomic E-state index is 12.6. The van der Waals surface area contributed by atoms with E-state index in [1.165, 1.54) is 0 Å². The van der Waals surface area contributed by atoms with E-state index in [1.807, 2.05) is 30.5 Å². The van der Waals surface area contributed by atoms with Crippen LogP contribution in [0.1, 0.15) is 16.1 Å². The van der Waals surface area contributed by atoms with Gasteiger partial charge in [0, 0.05) is 16.8 Å². The molecule has 0 radical (unpaired) electrons. The first kappa shape index (κ1) is 14.4. The maximum atomic E-state index is 12.6. The molecule has 5 nitrogen and oxygen atoms in total. The molecule has 0 atom stereocenters. The molecule has 1 aliphatic rings. The van der Waals surface area contributed by atoms with Gasteiger partial charge in [-0.15, -0.1) is 0 Å². The molecule has 4 rings (SSSR count). The average molecular weight is 390 g/mol. The van der Waals surface area contributed by atoms with E-state index in [4.69, 9.17) is 11.6 Å². The number of benzene rings is 1. The molecule has 0 saturated heterocycles. The van der Waals surface area contributed by atoms with Gasteiger partial charge in [0.25, 0.3) is 5.91 Å². The zero-order chi connectivity index (χ0) is 16.0. The zero-order valence-corrected chi connectivity index (χ0v) is 14.1. The minimum Gasteiger partial charge on any atom is -0.301 e. The Balaban J connectivity index is 1.65. The average Bonchev–Trinajstić information content (AvgIpc) is 3.09. The van der Waals surface area contributed by atoms with Crippen molar-refractivity contribution < 1.29 is 4.79 Å². The molecule has 2 aromatic heterocycles. The molecule has 7 heteroatoms. The Hall–Kier alpha value is -2.18. The van der Waals surface area contributed by atoms with Crippen molar-refractivity contribution in [1.29, 1.82) is 0 Å². The van der Waals surface area contributed by atoms with Gasteiger partial charge in [0.15, 0.2) is 5.69 Å². The van der Waals surface area contributed by atoms with Gasteiger partial charge < -0.3 is 4.90 Å². The van der Waals surface area contributed by atoms with Crippen LogP contribution < -0.4 is 4.90 Å².